The molecule has 0 amide bonds. The van der Waals surface area contributed by atoms with Crippen LogP contribution in [0, 0.1) is 0 Å². The van der Waals surface area contributed by atoms with E-state index in [9.17, 15) is 10.2 Å². The molecule has 21 heavy (non-hydrogen) atoms. The van der Waals surface area contributed by atoms with E-state index in [0.29, 0.717) is 12.6 Å². The van der Waals surface area contributed by atoms with Crippen LogP contribution in [0.1, 0.15) is 24.4 Å². The molecular formula is C15H20N2O3S. The highest BCUT2D eigenvalue weighted by Crippen LogP contribution is 2.34. The lowest BCUT2D eigenvalue weighted by molar-refractivity contribution is 0.181. The van der Waals surface area contributed by atoms with Gasteiger partial charge in [-0.05, 0) is 18.2 Å². The van der Waals surface area contributed by atoms with Crippen LogP contribution in [0.2, 0.25) is 0 Å². The molecule has 0 radical (unpaired) electrons. The van der Waals surface area contributed by atoms with E-state index in [-0.39, 0.29) is 11.5 Å². The lowest BCUT2D eigenvalue weighted by atomic mass is 10.2. The van der Waals surface area contributed by atoms with Gasteiger partial charge in [0.1, 0.15) is 5.01 Å². The summed E-state index contributed by atoms with van der Waals surface area (Å²) in [6.07, 6.45) is 0. The third-order valence-electron chi connectivity index (χ3n) is 2.95. The summed E-state index contributed by atoms with van der Waals surface area (Å²) in [5, 5.41) is 23.2. The first-order valence-corrected chi connectivity index (χ1v) is 7.56. The number of benzene rings is 1. The van der Waals surface area contributed by atoms with Crippen LogP contribution in [-0.4, -0.2) is 28.3 Å². The molecule has 3 N–H and O–H groups in total. The van der Waals surface area contributed by atoms with Gasteiger partial charge in [0.05, 0.1) is 12.3 Å². The lowest BCUT2D eigenvalue weighted by Crippen LogP contribution is -2.21. The second-order valence-electron chi connectivity index (χ2n) is 5.06. The standard InChI is InChI=1S/C15H20N2O3S/c1-9(2)16-7-14-11(8-20-3)17-15(21-14)10-4-5-12(18)13(19)6-10/h4-6,9,16,18-19H,7-8H2,1-3H3. The lowest BCUT2D eigenvalue weighted by Gasteiger charge is -2.07. The number of aromatic nitrogens is 1. The molecule has 5 nitrogen and oxygen atoms in total. The van der Waals surface area contributed by atoms with E-state index in [0.717, 1.165) is 27.7 Å². The summed E-state index contributed by atoms with van der Waals surface area (Å²) in [5.41, 5.74) is 1.68. The normalized spacial score (nSPS) is 11.2. The van der Waals surface area contributed by atoms with Crippen molar-refractivity contribution in [2.45, 2.75) is 33.0 Å². The molecule has 2 rings (SSSR count). The van der Waals surface area contributed by atoms with Crippen LogP contribution < -0.4 is 5.32 Å². The number of thiazole rings is 1. The molecule has 0 aliphatic heterocycles. The number of nitrogens with zero attached hydrogens (tertiary/aromatic N) is 1. The monoisotopic (exact) mass is 308 g/mol. The Kier molecular flexibility index (Phi) is 5.17. The van der Waals surface area contributed by atoms with E-state index in [1.54, 1.807) is 24.5 Å². The van der Waals surface area contributed by atoms with E-state index in [1.165, 1.54) is 12.1 Å². The van der Waals surface area contributed by atoms with Gasteiger partial charge in [-0.1, -0.05) is 13.8 Å². The van der Waals surface area contributed by atoms with Crippen LogP contribution in [0.15, 0.2) is 18.2 Å². The maximum Gasteiger partial charge on any atom is 0.158 e. The molecule has 0 atom stereocenters. The third-order valence-corrected chi connectivity index (χ3v) is 4.10. The zero-order valence-electron chi connectivity index (χ0n) is 12.4. The van der Waals surface area contributed by atoms with E-state index in [1.807, 2.05) is 0 Å². The number of phenolic OH excluding ortho intramolecular Hbond substituents is 2. The van der Waals surface area contributed by atoms with Gasteiger partial charge in [-0.25, -0.2) is 4.98 Å². The van der Waals surface area contributed by atoms with Crippen molar-refractivity contribution in [1.29, 1.82) is 0 Å². The van der Waals surface area contributed by atoms with E-state index < -0.39 is 0 Å². The van der Waals surface area contributed by atoms with Crippen LogP contribution in [0.3, 0.4) is 0 Å². The minimum atomic E-state index is -0.141. The summed E-state index contributed by atoms with van der Waals surface area (Å²) >= 11 is 1.56. The van der Waals surface area contributed by atoms with E-state index in [4.69, 9.17) is 4.74 Å². The SMILES string of the molecule is COCc1nc(-c2ccc(O)c(O)c2)sc1CNC(C)C. The fourth-order valence-corrected chi connectivity index (χ4v) is 2.86. The van der Waals surface area contributed by atoms with Crippen molar-refractivity contribution in [3.8, 4) is 22.1 Å². The van der Waals surface area contributed by atoms with Gasteiger partial charge in [0.25, 0.3) is 0 Å². The first-order valence-electron chi connectivity index (χ1n) is 6.74. The fourth-order valence-electron chi connectivity index (χ4n) is 1.85. The highest BCUT2D eigenvalue weighted by molar-refractivity contribution is 7.15. The van der Waals surface area contributed by atoms with Crippen molar-refractivity contribution in [3.63, 3.8) is 0 Å². The predicted molar refractivity (Wildman–Crippen MR) is 83.6 cm³/mol. The van der Waals surface area contributed by atoms with Gasteiger partial charge in [-0.2, -0.15) is 0 Å². The Morgan fingerprint density at radius 1 is 1.29 bits per heavy atom. The first kappa shape index (κ1) is 15.8. The zero-order valence-corrected chi connectivity index (χ0v) is 13.2. The molecule has 6 heteroatoms. The van der Waals surface area contributed by atoms with Crippen LogP contribution >= 0.6 is 11.3 Å². The summed E-state index contributed by atoms with van der Waals surface area (Å²) in [5.74, 6) is -0.271. The van der Waals surface area contributed by atoms with Crippen molar-refractivity contribution in [1.82, 2.24) is 10.3 Å². The molecule has 2 aromatic rings. The Balaban J connectivity index is 2.31. The third kappa shape index (κ3) is 3.93. The Labute approximate surface area is 128 Å². The molecule has 0 saturated carbocycles. The second-order valence-corrected chi connectivity index (χ2v) is 6.14. The highest BCUT2D eigenvalue weighted by Gasteiger charge is 2.14. The van der Waals surface area contributed by atoms with Gasteiger partial charge in [0.15, 0.2) is 11.5 Å². The van der Waals surface area contributed by atoms with Crippen LogP contribution in [0.5, 0.6) is 11.5 Å². The molecule has 0 unspecified atom stereocenters. The maximum absolute atomic E-state index is 9.61. The molecule has 0 fully saturated rings. The fraction of sp³-hybridized carbons (Fsp3) is 0.400. The van der Waals surface area contributed by atoms with Crippen molar-refractivity contribution in [2.75, 3.05) is 7.11 Å². The van der Waals surface area contributed by atoms with Crippen molar-refractivity contribution in [2.24, 2.45) is 0 Å². The molecule has 0 spiro atoms. The Morgan fingerprint density at radius 3 is 2.67 bits per heavy atom. The molecule has 0 aliphatic carbocycles. The topological polar surface area (TPSA) is 74.6 Å². The minimum Gasteiger partial charge on any atom is -0.504 e. The molecule has 0 bridgehead atoms. The number of nitrogens with one attached hydrogen (secondary N) is 1. The molecule has 0 aliphatic rings. The Hall–Kier alpha value is -1.63. The Morgan fingerprint density at radius 2 is 2.05 bits per heavy atom. The van der Waals surface area contributed by atoms with Gasteiger partial charge in [-0.15, -0.1) is 11.3 Å². The van der Waals surface area contributed by atoms with Crippen molar-refractivity contribution < 1.29 is 14.9 Å². The van der Waals surface area contributed by atoms with Gasteiger partial charge in [0, 0.05) is 30.1 Å². The van der Waals surface area contributed by atoms with E-state index in [2.05, 4.69) is 24.1 Å². The number of hydrogen-bond acceptors (Lipinski definition) is 6. The number of hydrogen-bond donors (Lipinski definition) is 3. The van der Waals surface area contributed by atoms with Crippen molar-refractivity contribution in [3.05, 3.63) is 28.8 Å². The average molecular weight is 308 g/mol. The summed E-state index contributed by atoms with van der Waals surface area (Å²) in [6, 6.07) is 5.12. The number of phenols is 2. The number of methoxy groups -OCH3 is 1. The summed E-state index contributed by atoms with van der Waals surface area (Å²) in [6.45, 7) is 5.37. The quantitative estimate of drug-likeness (QED) is 0.716. The van der Waals surface area contributed by atoms with Gasteiger partial charge >= 0.3 is 0 Å². The van der Waals surface area contributed by atoms with Crippen molar-refractivity contribution >= 4 is 11.3 Å². The van der Waals surface area contributed by atoms with Gasteiger partial charge < -0.3 is 20.3 Å². The second kappa shape index (κ2) is 6.89. The number of ether oxygens (including phenoxy) is 1. The summed E-state index contributed by atoms with van der Waals surface area (Å²) in [4.78, 5) is 5.70. The smallest absolute Gasteiger partial charge is 0.158 e. The Bertz CT molecular complexity index is 611. The minimum absolute atomic E-state index is 0.130. The molecule has 114 valence electrons. The van der Waals surface area contributed by atoms with Crippen LogP contribution in [-0.2, 0) is 17.9 Å². The van der Waals surface area contributed by atoms with Crippen LogP contribution in [0.25, 0.3) is 10.6 Å². The maximum atomic E-state index is 9.61. The van der Waals surface area contributed by atoms with Gasteiger partial charge in [-0.3, -0.25) is 0 Å². The number of rotatable bonds is 6. The summed E-state index contributed by atoms with van der Waals surface area (Å²) in [7, 11) is 1.64. The zero-order chi connectivity index (χ0) is 15.4. The molecule has 1 aromatic heterocycles. The highest BCUT2D eigenvalue weighted by atomic mass is 32.1. The molecule has 1 aromatic carbocycles. The first-order chi connectivity index (χ1) is 10.0. The molecule has 1 heterocycles. The van der Waals surface area contributed by atoms with Crippen LogP contribution in [0.4, 0.5) is 0 Å². The predicted octanol–water partition coefficient (Wildman–Crippen LogP) is 2.87. The average Bonchev–Trinajstić information content (AvgIpc) is 2.83. The van der Waals surface area contributed by atoms with Gasteiger partial charge in [0.2, 0.25) is 0 Å². The van der Waals surface area contributed by atoms with E-state index >= 15 is 0 Å². The molecule has 0 saturated heterocycles. The summed E-state index contributed by atoms with van der Waals surface area (Å²) < 4.78 is 5.19. The largest absolute Gasteiger partial charge is 0.504 e. The molecular weight excluding hydrogens is 288 g/mol. The number of aromatic hydroxyl groups is 2.